The molecule has 0 aromatic heterocycles. The van der Waals surface area contributed by atoms with Gasteiger partial charge in [0.1, 0.15) is 0 Å². The summed E-state index contributed by atoms with van der Waals surface area (Å²) in [5.41, 5.74) is -3.89. The van der Waals surface area contributed by atoms with E-state index in [4.69, 9.17) is 0 Å². The molecular weight excluding hydrogens is 405 g/mol. The lowest BCUT2D eigenvalue weighted by molar-refractivity contribution is -0.0435. The molecule has 0 spiro atoms. The van der Waals surface area contributed by atoms with E-state index in [1.165, 1.54) is 18.2 Å². The molecule has 1 heterocycles. The summed E-state index contributed by atoms with van der Waals surface area (Å²) in [6.45, 7) is 2.52. The van der Waals surface area contributed by atoms with E-state index in [9.17, 15) is 26.4 Å². The highest BCUT2D eigenvalue weighted by molar-refractivity contribution is 7.92. The van der Waals surface area contributed by atoms with E-state index in [1.807, 2.05) is 19.1 Å². The number of nitrogens with one attached hydrogen (secondary N) is 1. The molecule has 1 fully saturated rings. The Morgan fingerprint density at radius 3 is 2.24 bits per heavy atom. The molecule has 156 valence electrons. The third kappa shape index (κ3) is 4.39. The van der Waals surface area contributed by atoms with Crippen molar-refractivity contribution in [2.45, 2.75) is 36.2 Å². The van der Waals surface area contributed by atoms with E-state index in [0.29, 0.717) is 31.5 Å². The SMILES string of the molecule is Cc1ccccc1C(=O)NC1CCN(c2ccccc2S(=O)(=O)C(F)(F)F)CC1. The summed E-state index contributed by atoms with van der Waals surface area (Å²) in [6.07, 6.45) is 0.996. The number of hydrogen-bond acceptors (Lipinski definition) is 4. The fourth-order valence-electron chi connectivity index (χ4n) is 3.43. The lowest BCUT2D eigenvalue weighted by Crippen LogP contribution is -2.45. The summed E-state index contributed by atoms with van der Waals surface area (Å²) in [5.74, 6) is -0.193. The molecule has 0 radical (unpaired) electrons. The normalized spacial score (nSPS) is 15.9. The number of hydrogen-bond donors (Lipinski definition) is 1. The maximum atomic E-state index is 13.0. The maximum Gasteiger partial charge on any atom is 0.501 e. The molecule has 0 saturated carbocycles. The van der Waals surface area contributed by atoms with Crippen molar-refractivity contribution in [2.24, 2.45) is 0 Å². The molecule has 2 aromatic carbocycles. The zero-order valence-corrected chi connectivity index (χ0v) is 16.6. The smallest absolute Gasteiger partial charge is 0.370 e. The van der Waals surface area contributed by atoms with E-state index in [-0.39, 0.29) is 17.6 Å². The van der Waals surface area contributed by atoms with Crippen LogP contribution in [0, 0.1) is 6.92 Å². The van der Waals surface area contributed by atoms with Crippen molar-refractivity contribution in [3.05, 3.63) is 59.7 Å². The molecule has 0 aliphatic carbocycles. The van der Waals surface area contributed by atoms with Crippen molar-refractivity contribution in [1.29, 1.82) is 0 Å². The molecule has 1 saturated heterocycles. The first-order valence-corrected chi connectivity index (χ1v) is 10.6. The quantitative estimate of drug-likeness (QED) is 0.810. The van der Waals surface area contributed by atoms with Crippen molar-refractivity contribution >= 4 is 21.4 Å². The Morgan fingerprint density at radius 2 is 1.62 bits per heavy atom. The number of sulfone groups is 1. The van der Waals surface area contributed by atoms with E-state index in [2.05, 4.69) is 5.32 Å². The topological polar surface area (TPSA) is 66.5 Å². The Morgan fingerprint density at radius 1 is 1.03 bits per heavy atom. The molecule has 1 N–H and O–H groups in total. The first kappa shape index (κ1) is 21.2. The second kappa shape index (κ2) is 8.06. The van der Waals surface area contributed by atoms with Crippen LogP contribution in [-0.2, 0) is 9.84 Å². The zero-order valence-electron chi connectivity index (χ0n) is 15.7. The van der Waals surface area contributed by atoms with E-state index >= 15 is 0 Å². The highest BCUT2D eigenvalue weighted by Gasteiger charge is 2.48. The predicted molar refractivity (Wildman–Crippen MR) is 104 cm³/mol. The van der Waals surface area contributed by atoms with Gasteiger partial charge in [0.05, 0.1) is 10.6 Å². The molecule has 2 aromatic rings. The number of benzene rings is 2. The van der Waals surface area contributed by atoms with Gasteiger partial charge in [0, 0.05) is 24.7 Å². The Balaban J connectivity index is 1.71. The van der Waals surface area contributed by atoms with Crippen LogP contribution in [0.25, 0.3) is 0 Å². The summed E-state index contributed by atoms with van der Waals surface area (Å²) in [4.78, 5) is 13.3. The minimum Gasteiger partial charge on any atom is -0.370 e. The Kier molecular flexibility index (Phi) is 5.88. The fraction of sp³-hybridized carbons (Fsp3) is 0.350. The van der Waals surface area contributed by atoms with E-state index in [0.717, 1.165) is 11.6 Å². The monoisotopic (exact) mass is 426 g/mol. The molecular formula is C20H21F3N2O3S. The van der Waals surface area contributed by atoms with Crippen LogP contribution in [0.5, 0.6) is 0 Å². The largest absolute Gasteiger partial charge is 0.501 e. The van der Waals surface area contributed by atoms with Gasteiger partial charge >= 0.3 is 5.51 Å². The van der Waals surface area contributed by atoms with Gasteiger partial charge in [-0.25, -0.2) is 8.42 Å². The number of nitrogens with zero attached hydrogens (tertiary/aromatic N) is 1. The van der Waals surface area contributed by atoms with Crippen LogP contribution in [0.3, 0.4) is 0 Å². The number of amides is 1. The van der Waals surface area contributed by atoms with Crippen molar-refractivity contribution in [3.63, 3.8) is 0 Å². The molecule has 0 atom stereocenters. The van der Waals surface area contributed by atoms with Crippen LogP contribution in [0.4, 0.5) is 18.9 Å². The third-order valence-electron chi connectivity index (χ3n) is 5.02. The Bertz CT molecular complexity index is 998. The summed E-state index contributed by atoms with van der Waals surface area (Å²) < 4.78 is 62.8. The van der Waals surface area contributed by atoms with Gasteiger partial charge in [0.15, 0.2) is 0 Å². The number of para-hydroxylation sites is 1. The lowest BCUT2D eigenvalue weighted by Gasteiger charge is -2.35. The van der Waals surface area contributed by atoms with Gasteiger partial charge in [0.25, 0.3) is 15.7 Å². The molecule has 9 heteroatoms. The van der Waals surface area contributed by atoms with Crippen LogP contribution in [-0.4, -0.2) is 39.0 Å². The van der Waals surface area contributed by atoms with Crippen LogP contribution in [0.15, 0.2) is 53.4 Å². The minimum atomic E-state index is -5.44. The van der Waals surface area contributed by atoms with Crippen LogP contribution < -0.4 is 10.2 Å². The third-order valence-corrected chi connectivity index (χ3v) is 6.55. The van der Waals surface area contributed by atoms with Crippen LogP contribution >= 0.6 is 0 Å². The molecule has 1 amide bonds. The predicted octanol–water partition coefficient (Wildman–Crippen LogP) is 3.69. The Hall–Kier alpha value is -2.55. The van der Waals surface area contributed by atoms with Gasteiger partial charge in [-0.15, -0.1) is 0 Å². The van der Waals surface area contributed by atoms with E-state index < -0.39 is 20.2 Å². The number of carbonyl (C=O) groups excluding carboxylic acids is 1. The molecule has 29 heavy (non-hydrogen) atoms. The maximum absolute atomic E-state index is 13.0. The fourth-order valence-corrected chi connectivity index (χ4v) is 4.41. The van der Waals surface area contributed by atoms with Crippen molar-refractivity contribution in [2.75, 3.05) is 18.0 Å². The summed E-state index contributed by atoms with van der Waals surface area (Å²) >= 11 is 0. The van der Waals surface area contributed by atoms with Crippen molar-refractivity contribution in [1.82, 2.24) is 5.32 Å². The van der Waals surface area contributed by atoms with Crippen LogP contribution in [0.1, 0.15) is 28.8 Å². The summed E-state index contributed by atoms with van der Waals surface area (Å²) in [5, 5.41) is 2.95. The molecule has 1 aliphatic rings. The standard InChI is InChI=1S/C20H21F3N2O3S/c1-14-6-2-3-7-16(14)19(26)24-15-10-12-25(13-11-15)17-8-4-5-9-18(17)29(27,28)20(21,22)23/h2-9,15H,10-13H2,1H3,(H,24,26). The van der Waals surface area contributed by atoms with Gasteiger partial charge in [0.2, 0.25) is 0 Å². The van der Waals surface area contributed by atoms with Gasteiger partial charge in [-0.05, 0) is 43.5 Å². The number of halogens is 3. The molecule has 1 aliphatic heterocycles. The molecule has 0 unspecified atom stereocenters. The first-order valence-electron chi connectivity index (χ1n) is 9.13. The van der Waals surface area contributed by atoms with Gasteiger partial charge in [-0.3, -0.25) is 4.79 Å². The van der Waals surface area contributed by atoms with Gasteiger partial charge in [-0.1, -0.05) is 30.3 Å². The summed E-state index contributed by atoms with van der Waals surface area (Å²) in [6, 6.07) is 12.2. The number of piperidine rings is 1. The van der Waals surface area contributed by atoms with Gasteiger partial charge in [-0.2, -0.15) is 13.2 Å². The number of alkyl halides is 3. The molecule has 3 rings (SSSR count). The van der Waals surface area contributed by atoms with Crippen LogP contribution in [0.2, 0.25) is 0 Å². The second-order valence-electron chi connectivity index (χ2n) is 6.97. The second-order valence-corrected chi connectivity index (χ2v) is 8.88. The van der Waals surface area contributed by atoms with Crippen molar-refractivity contribution < 1.29 is 26.4 Å². The first-order chi connectivity index (χ1) is 13.6. The number of rotatable bonds is 4. The van der Waals surface area contributed by atoms with Gasteiger partial charge < -0.3 is 10.2 Å². The van der Waals surface area contributed by atoms with E-state index in [1.54, 1.807) is 17.0 Å². The Labute approximate surface area is 167 Å². The molecule has 5 nitrogen and oxygen atoms in total. The number of anilines is 1. The number of aryl methyl sites for hydroxylation is 1. The minimum absolute atomic E-state index is 0.0357. The highest BCUT2D eigenvalue weighted by atomic mass is 32.2. The average Bonchev–Trinajstić information content (AvgIpc) is 2.68. The highest BCUT2D eigenvalue weighted by Crippen LogP contribution is 2.36. The zero-order chi connectivity index (χ0) is 21.2. The number of carbonyl (C=O) groups is 1. The van der Waals surface area contributed by atoms with Crippen molar-refractivity contribution in [3.8, 4) is 0 Å². The summed E-state index contributed by atoms with van der Waals surface area (Å²) in [7, 11) is -5.44. The average molecular weight is 426 g/mol. The molecule has 0 bridgehead atoms. The lowest BCUT2D eigenvalue weighted by atomic mass is 10.0.